The maximum atomic E-state index is 13.0. The molecule has 0 aliphatic heterocycles. The van der Waals surface area contributed by atoms with Crippen molar-refractivity contribution in [2.24, 2.45) is 5.73 Å². The molecular formula is C16H11F3IN3O. The standard InChI is InChI=1S/C16H11F3IN3O/c17-16(18,19)9-5-6-14-22-15(10-3-1-2-4-11(10)20)12(7-13(21)24)23(14)8-9/h1-6,8H,7H2,(H2,21,24). The van der Waals surface area contributed by atoms with Gasteiger partial charge in [0.05, 0.1) is 23.4 Å². The summed E-state index contributed by atoms with van der Waals surface area (Å²) in [7, 11) is 0. The monoisotopic (exact) mass is 445 g/mol. The molecule has 0 fully saturated rings. The predicted octanol–water partition coefficient (Wildman–Crippen LogP) is 3.65. The second kappa shape index (κ2) is 6.08. The molecule has 3 aromatic rings. The zero-order valence-electron chi connectivity index (χ0n) is 12.1. The molecule has 0 radical (unpaired) electrons. The van der Waals surface area contributed by atoms with Crippen LogP contribution in [0, 0.1) is 3.57 Å². The van der Waals surface area contributed by atoms with E-state index in [1.165, 1.54) is 10.5 Å². The number of aromatic nitrogens is 2. The molecule has 0 aliphatic rings. The highest BCUT2D eigenvalue weighted by molar-refractivity contribution is 14.1. The van der Waals surface area contributed by atoms with E-state index in [0.717, 1.165) is 21.4 Å². The summed E-state index contributed by atoms with van der Waals surface area (Å²) >= 11 is 2.11. The Morgan fingerprint density at radius 3 is 2.54 bits per heavy atom. The highest BCUT2D eigenvalue weighted by Gasteiger charge is 2.31. The van der Waals surface area contributed by atoms with E-state index in [-0.39, 0.29) is 6.42 Å². The summed E-state index contributed by atoms with van der Waals surface area (Å²) < 4.78 is 41.1. The van der Waals surface area contributed by atoms with Crippen molar-refractivity contribution in [1.29, 1.82) is 0 Å². The van der Waals surface area contributed by atoms with Crippen LogP contribution in [0.1, 0.15) is 11.3 Å². The minimum atomic E-state index is -4.48. The first kappa shape index (κ1) is 16.7. The molecule has 0 aliphatic carbocycles. The van der Waals surface area contributed by atoms with Crippen LogP contribution in [0.15, 0.2) is 42.6 Å². The van der Waals surface area contributed by atoms with E-state index in [2.05, 4.69) is 27.6 Å². The maximum absolute atomic E-state index is 13.0. The van der Waals surface area contributed by atoms with Gasteiger partial charge in [0.2, 0.25) is 5.91 Å². The molecule has 0 saturated carbocycles. The van der Waals surface area contributed by atoms with Crippen molar-refractivity contribution < 1.29 is 18.0 Å². The van der Waals surface area contributed by atoms with Crippen molar-refractivity contribution >= 4 is 34.1 Å². The third kappa shape index (κ3) is 3.10. The quantitative estimate of drug-likeness (QED) is 0.626. The van der Waals surface area contributed by atoms with E-state index >= 15 is 0 Å². The summed E-state index contributed by atoms with van der Waals surface area (Å²) in [4.78, 5) is 15.8. The molecule has 3 rings (SSSR count). The fraction of sp³-hybridized carbons (Fsp3) is 0.125. The van der Waals surface area contributed by atoms with Crippen molar-refractivity contribution in [1.82, 2.24) is 9.38 Å². The van der Waals surface area contributed by atoms with Crippen molar-refractivity contribution in [2.45, 2.75) is 12.6 Å². The first-order valence-corrected chi connectivity index (χ1v) is 7.96. The van der Waals surface area contributed by atoms with Crippen molar-refractivity contribution in [3.63, 3.8) is 0 Å². The van der Waals surface area contributed by atoms with Gasteiger partial charge in [-0.3, -0.25) is 4.79 Å². The van der Waals surface area contributed by atoms with Gasteiger partial charge in [-0.1, -0.05) is 18.2 Å². The molecule has 0 unspecified atom stereocenters. The Hall–Kier alpha value is -2.10. The van der Waals surface area contributed by atoms with Gasteiger partial charge in [-0.2, -0.15) is 13.2 Å². The molecule has 8 heteroatoms. The number of benzene rings is 1. The summed E-state index contributed by atoms with van der Waals surface area (Å²) in [6.07, 6.45) is -3.74. The van der Waals surface area contributed by atoms with Crippen LogP contribution in [-0.4, -0.2) is 15.3 Å². The number of rotatable bonds is 3. The summed E-state index contributed by atoms with van der Waals surface area (Å²) in [5.41, 5.74) is 6.33. The molecule has 0 bridgehead atoms. The average molecular weight is 445 g/mol. The van der Waals surface area contributed by atoms with Gasteiger partial charge in [0, 0.05) is 15.3 Å². The number of halogens is 4. The van der Waals surface area contributed by atoms with E-state index in [0.29, 0.717) is 17.0 Å². The van der Waals surface area contributed by atoms with Gasteiger partial charge in [0.25, 0.3) is 0 Å². The van der Waals surface area contributed by atoms with Crippen LogP contribution in [0.2, 0.25) is 0 Å². The SMILES string of the molecule is NC(=O)Cc1c(-c2ccccc2I)nc2ccc(C(F)(F)F)cn12. The number of pyridine rings is 1. The molecule has 4 nitrogen and oxygen atoms in total. The number of nitrogens with zero attached hydrogens (tertiary/aromatic N) is 2. The molecular weight excluding hydrogens is 434 g/mol. The van der Waals surface area contributed by atoms with Gasteiger partial charge in [-0.05, 0) is 40.8 Å². The summed E-state index contributed by atoms with van der Waals surface area (Å²) in [6, 6.07) is 9.56. The first-order valence-electron chi connectivity index (χ1n) is 6.89. The number of hydrogen-bond donors (Lipinski definition) is 1. The molecule has 1 amide bonds. The van der Waals surface area contributed by atoms with Crippen molar-refractivity contribution in [3.05, 3.63) is 57.4 Å². The Morgan fingerprint density at radius 2 is 1.92 bits per heavy atom. The summed E-state index contributed by atoms with van der Waals surface area (Å²) in [5, 5.41) is 0. The number of fused-ring (bicyclic) bond motifs is 1. The average Bonchev–Trinajstić information content (AvgIpc) is 2.84. The first-order chi connectivity index (χ1) is 11.3. The minimum absolute atomic E-state index is 0.206. The highest BCUT2D eigenvalue weighted by atomic mass is 127. The van der Waals surface area contributed by atoms with Crippen LogP contribution in [-0.2, 0) is 17.4 Å². The molecule has 2 aromatic heterocycles. The Labute approximate surface area is 148 Å². The van der Waals surface area contributed by atoms with E-state index in [9.17, 15) is 18.0 Å². The normalized spacial score (nSPS) is 11.8. The number of nitrogens with two attached hydrogens (primary N) is 1. The van der Waals surface area contributed by atoms with E-state index in [1.54, 1.807) is 12.1 Å². The van der Waals surface area contributed by atoms with Crippen LogP contribution in [0.25, 0.3) is 16.9 Å². The lowest BCUT2D eigenvalue weighted by atomic mass is 10.1. The Kier molecular flexibility index (Phi) is 4.24. The molecule has 1 aromatic carbocycles. The fourth-order valence-electron chi connectivity index (χ4n) is 2.46. The lowest BCUT2D eigenvalue weighted by Crippen LogP contribution is -2.16. The van der Waals surface area contributed by atoms with E-state index in [1.807, 2.05) is 12.1 Å². The maximum Gasteiger partial charge on any atom is 0.417 e. The number of carbonyl (C=O) groups excluding carboxylic acids is 1. The van der Waals surface area contributed by atoms with Crippen LogP contribution >= 0.6 is 22.6 Å². The second-order valence-electron chi connectivity index (χ2n) is 5.17. The Balaban J connectivity index is 2.30. The zero-order chi connectivity index (χ0) is 17.5. The topological polar surface area (TPSA) is 60.4 Å². The van der Waals surface area contributed by atoms with Crippen molar-refractivity contribution in [3.8, 4) is 11.3 Å². The van der Waals surface area contributed by atoms with E-state index in [4.69, 9.17) is 5.73 Å². The lowest BCUT2D eigenvalue weighted by Gasteiger charge is -2.08. The van der Waals surface area contributed by atoms with Crippen LogP contribution in [0.3, 0.4) is 0 Å². The number of primary amides is 1. The number of amides is 1. The van der Waals surface area contributed by atoms with Gasteiger partial charge in [0.1, 0.15) is 5.65 Å². The third-order valence-corrected chi connectivity index (χ3v) is 4.46. The molecule has 2 N–H and O–H groups in total. The van der Waals surface area contributed by atoms with Gasteiger partial charge in [-0.25, -0.2) is 4.98 Å². The highest BCUT2D eigenvalue weighted by Crippen LogP contribution is 2.32. The molecule has 124 valence electrons. The number of imidazole rings is 1. The number of carbonyl (C=O) groups is 1. The Morgan fingerprint density at radius 1 is 1.21 bits per heavy atom. The van der Waals surface area contributed by atoms with Gasteiger partial charge in [0.15, 0.2) is 0 Å². The Bertz CT molecular complexity index is 934. The zero-order valence-corrected chi connectivity index (χ0v) is 14.3. The van der Waals surface area contributed by atoms with E-state index < -0.39 is 17.6 Å². The fourth-order valence-corrected chi connectivity index (χ4v) is 3.11. The molecule has 0 spiro atoms. The van der Waals surface area contributed by atoms with Crippen LogP contribution in [0.4, 0.5) is 13.2 Å². The smallest absolute Gasteiger partial charge is 0.369 e. The number of alkyl halides is 3. The van der Waals surface area contributed by atoms with Gasteiger partial charge < -0.3 is 10.1 Å². The van der Waals surface area contributed by atoms with Crippen LogP contribution in [0.5, 0.6) is 0 Å². The molecule has 0 atom stereocenters. The third-order valence-electron chi connectivity index (χ3n) is 3.52. The minimum Gasteiger partial charge on any atom is -0.369 e. The summed E-state index contributed by atoms with van der Waals surface area (Å²) in [6.45, 7) is 0. The molecule has 2 heterocycles. The van der Waals surface area contributed by atoms with Crippen molar-refractivity contribution in [2.75, 3.05) is 0 Å². The summed E-state index contributed by atoms with van der Waals surface area (Å²) in [5.74, 6) is -0.638. The molecule has 24 heavy (non-hydrogen) atoms. The second-order valence-corrected chi connectivity index (χ2v) is 6.34. The predicted molar refractivity (Wildman–Crippen MR) is 91.2 cm³/mol. The van der Waals surface area contributed by atoms with Gasteiger partial charge >= 0.3 is 6.18 Å². The van der Waals surface area contributed by atoms with Crippen LogP contribution < -0.4 is 5.73 Å². The molecule has 0 saturated heterocycles. The lowest BCUT2D eigenvalue weighted by molar-refractivity contribution is -0.137. The number of hydrogen-bond acceptors (Lipinski definition) is 2. The van der Waals surface area contributed by atoms with Gasteiger partial charge in [-0.15, -0.1) is 0 Å². The largest absolute Gasteiger partial charge is 0.417 e.